The van der Waals surface area contributed by atoms with Gasteiger partial charge in [0.05, 0.1) is 31.5 Å². The maximum absolute atomic E-state index is 12.6. The van der Waals surface area contributed by atoms with Gasteiger partial charge in [-0.15, -0.1) is 0 Å². The van der Waals surface area contributed by atoms with Gasteiger partial charge in [0.15, 0.2) is 0 Å². The predicted octanol–water partition coefficient (Wildman–Crippen LogP) is 7.27. The number of carbonyl (C=O) groups is 2. The summed E-state index contributed by atoms with van der Waals surface area (Å²) in [5, 5.41) is 8.52. The van der Waals surface area contributed by atoms with Crippen molar-refractivity contribution in [1.29, 1.82) is 0 Å². The van der Waals surface area contributed by atoms with Crippen LogP contribution in [0.4, 0.5) is 26.3 Å². The van der Waals surface area contributed by atoms with Crippen LogP contribution in [0.25, 0.3) is 12.2 Å². The van der Waals surface area contributed by atoms with Gasteiger partial charge in [-0.05, 0) is 49.3 Å². The van der Waals surface area contributed by atoms with Crippen LogP contribution in [-0.4, -0.2) is 37.4 Å². The van der Waals surface area contributed by atoms with Crippen molar-refractivity contribution in [3.05, 3.63) is 70.8 Å². The molecule has 0 spiro atoms. The quantitative estimate of drug-likeness (QED) is 0.186. The van der Waals surface area contributed by atoms with Crippen LogP contribution in [0.2, 0.25) is 0 Å². The summed E-state index contributed by atoms with van der Waals surface area (Å²) in [5.74, 6) is -1.66. The van der Waals surface area contributed by atoms with Crippen molar-refractivity contribution < 1.29 is 55.2 Å². The lowest BCUT2D eigenvalue weighted by atomic mass is 10.1. The first-order chi connectivity index (χ1) is 18.2. The van der Waals surface area contributed by atoms with Crippen LogP contribution < -0.4 is 9.47 Å². The van der Waals surface area contributed by atoms with Crippen molar-refractivity contribution in [3.63, 3.8) is 0 Å². The van der Waals surface area contributed by atoms with Gasteiger partial charge in [-0.25, -0.2) is 9.59 Å². The molecule has 0 unspecified atom stereocenters. The zero-order valence-electron chi connectivity index (χ0n) is 21.4. The van der Waals surface area contributed by atoms with E-state index in [4.69, 9.17) is 14.6 Å². The van der Waals surface area contributed by atoms with Crippen LogP contribution in [0, 0.1) is 0 Å². The number of benzene rings is 2. The molecule has 0 saturated carbocycles. The normalized spacial score (nSPS) is 11.7. The third kappa shape index (κ3) is 12.0. The molecule has 0 bridgehead atoms. The SMILES string of the molecule is CCCOc1cc(C(F)(F)F)ccc1C=CC(=O)O.CCCOc1cc(C(F)(F)F)ccc1C=CC(=O)OC. The molecule has 0 heterocycles. The molecule has 2 aromatic rings. The zero-order chi connectivity index (χ0) is 29.6. The van der Waals surface area contributed by atoms with E-state index < -0.39 is 35.4 Å². The van der Waals surface area contributed by atoms with Crippen molar-refractivity contribution in [2.75, 3.05) is 20.3 Å². The highest BCUT2D eigenvalue weighted by Gasteiger charge is 2.32. The Morgan fingerprint density at radius 3 is 1.51 bits per heavy atom. The minimum atomic E-state index is -4.46. The molecule has 0 atom stereocenters. The monoisotopic (exact) mass is 562 g/mol. The maximum Gasteiger partial charge on any atom is 0.416 e. The molecule has 2 aromatic carbocycles. The van der Waals surface area contributed by atoms with E-state index in [1.54, 1.807) is 0 Å². The minimum Gasteiger partial charge on any atom is -0.493 e. The molecule has 12 heteroatoms. The summed E-state index contributed by atoms with van der Waals surface area (Å²) in [6.07, 6.45) is -3.06. The smallest absolute Gasteiger partial charge is 0.416 e. The average molecular weight is 563 g/mol. The van der Waals surface area contributed by atoms with E-state index in [9.17, 15) is 35.9 Å². The second-order valence-electron chi connectivity index (χ2n) is 7.73. The van der Waals surface area contributed by atoms with Gasteiger partial charge in [-0.1, -0.05) is 26.0 Å². The van der Waals surface area contributed by atoms with Gasteiger partial charge in [0.2, 0.25) is 0 Å². The summed E-state index contributed by atoms with van der Waals surface area (Å²) in [4.78, 5) is 21.4. The topological polar surface area (TPSA) is 82.1 Å². The summed E-state index contributed by atoms with van der Waals surface area (Å²) in [6.45, 7) is 4.22. The van der Waals surface area contributed by atoms with Crippen molar-refractivity contribution >= 4 is 24.1 Å². The van der Waals surface area contributed by atoms with E-state index >= 15 is 0 Å². The van der Waals surface area contributed by atoms with E-state index in [2.05, 4.69) is 4.74 Å². The van der Waals surface area contributed by atoms with Crippen molar-refractivity contribution in [1.82, 2.24) is 0 Å². The molecule has 0 saturated heterocycles. The number of halogens is 6. The molecule has 0 amide bonds. The maximum atomic E-state index is 12.6. The first-order valence-corrected chi connectivity index (χ1v) is 11.6. The van der Waals surface area contributed by atoms with E-state index in [1.165, 1.54) is 31.4 Å². The molecule has 39 heavy (non-hydrogen) atoms. The largest absolute Gasteiger partial charge is 0.493 e. The molecule has 2 rings (SSSR count). The van der Waals surface area contributed by atoms with Crippen molar-refractivity contribution in [3.8, 4) is 11.5 Å². The number of methoxy groups -OCH3 is 1. The van der Waals surface area contributed by atoms with E-state index in [-0.39, 0.29) is 18.1 Å². The molecule has 0 aliphatic carbocycles. The molecule has 6 nitrogen and oxygen atoms in total. The summed E-state index contributed by atoms with van der Waals surface area (Å²) in [6, 6.07) is 6.07. The highest BCUT2D eigenvalue weighted by molar-refractivity contribution is 5.87. The molecule has 0 radical (unpaired) electrons. The number of carbonyl (C=O) groups excluding carboxylic acids is 1. The van der Waals surface area contributed by atoms with Gasteiger partial charge in [0.1, 0.15) is 11.5 Å². The molecule has 0 fully saturated rings. The van der Waals surface area contributed by atoms with Crippen LogP contribution in [-0.2, 0) is 26.7 Å². The minimum absolute atomic E-state index is 0.0224. The summed E-state index contributed by atoms with van der Waals surface area (Å²) >= 11 is 0. The third-order valence-corrected chi connectivity index (χ3v) is 4.61. The van der Waals surface area contributed by atoms with Crippen LogP contribution in [0.5, 0.6) is 11.5 Å². The average Bonchev–Trinajstić information content (AvgIpc) is 2.87. The molecule has 0 aliphatic rings. The first kappa shape index (κ1) is 33.1. The fourth-order valence-corrected chi connectivity index (χ4v) is 2.76. The van der Waals surface area contributed by atoms with Gasteiger partial charge in [0, 0.05) is 23.3 Å². The zero-order valence-corrected chi connectivity index (χ0v) is 21.4. The van der Waals surface area contributed by atoms with Crippen LogP contribution in [0.1, 0.15) is 48.9 Å². The molecular weight excluding hydrogens is 534 g/mol. The van der Waals surface area contributed by atoms with Crippen LogP contribution in [0.3, 0.4) is 0 Å². The third-order valence-electron chi connectivity index (χ3n) is 4.61. The highest BCUT2D eigenvalue weighted by atomic mass is 19.4. The highest BCUT2D eigenvalue weighted by Crippen LogP contribution is 2.34. The standard InChI is InChI=1S/C14H15F3O3.C13H13F3O3/c1-3-8-20-12-9-11(14(15,16)17)6-4-10(12)5-7-13(18)19-2;1-2-7-19-11-8-10(13(14,15)16)5-3-9(11)4-6-12(17)18/h4-7,9H,3,8H2,1-2H3;3-6,8H,2,7H2,1H3,(H,17,18). The van der Waals surface area contributed by atoms with Gasteiger partial charge >= 0.3 is 24.3 Å². The molecule has 1 N–H and O–H groups in total. The van der Waals surface area contributed by atoms with Crippen LogP contribution >= 0.6 is 0 Å². The number of alkyl halides is 6. The second-order valence-corrected chi connectivity index (χ2v) is 7.73. The van der Waals surface area contributed by atoms with Gasteiger partial charge in [-0.3, -0.25) is 0 Å². The Hall–Kier alpha value is -3.96. The van der Waals surface area contributed by atoms with Crippen molar-refractivity contribution in [2.24, 2.45) is 0 Å². The first-order valence-electron chi connectivity index (χ1n) is 11.6. The summed E-state index contributed by atoms with van der Waals surface area (Å²) in [5.41, 5.74) is -0.939. The lowest BCUT2D eigenvalue weighted by molar-refractivity contribution is -0.138. The number of rotatable bonds is 10. The fraction of sp³-hybridized carbons (Fsp3) is 0.333. The Morgan fingerprint density at radius 1 is 0.769 bits per heavy atom. The van der Waals surface area contributed by atoms with Gasteiger partial charge in [-0.2, -0.15) is 26.3 Å². The lowest BCUT2D eigenvalue weighted by Gasteiger charge is -2.12. The Morgan fingerprint density at radius 2 is 1.18 bits per heavy atom. The van der Waals surface area contributed by atoms with Gasteiger partial charge in [0.25, 0.3) is 0 Å². The second kappa shape index (κ2) is 15.5. The molecule has 214 valence electrons. The fourth-order valence-electron chi connectivity index (χ4n) is 2.76. The van der Waals surface area contributed by atoms with E-state index in [0.29, 0.717) is 30.6 Å². The Bertz CT molecular complexity index is 1150. The van der Waals surface area contributed by atoms with E-state index in [1.807, 2.05) is 13.8 Å². The summed E-state index contributed by atoms with van der Waals surface area (Å²) in [7, 11) is 1.22. The molecule has 0 aromatic heterocycles. The predicted molar refractivity (Wildman–Crippen MR) is 132 cm³/mol. The summed E-state index contributed by atoms with van der Waals surface area (Å²) < 4.78 is 90.6. The van der Waals surface area contributed by atoms with E-state index in [0.717, 1.165) is 36.4 Å². The Kier molecular flexibility index (Phi) is 13.1. The molecule has 0 aliphatic heterocycles. The number of hydrogen-bond acceptors (Lipinski definition) is 5. The number of ether oxygens (including phenoxy) is 3. The number of carboxylic acids is 1. The number of hydrogen-bond donors (Lipinski definition) is 1. The number of carboxylic acid groups (broad SMARTS) is 1. The number of aliphatic carboxylic acids is 1. The molecular formula is C27H28F6O6. The van der Waals surface area contributed by atoms with Crippen molar-refractivity contribution in [2.45, 2.75) is 39.0 Å². The Labute approximate surface area is 221 Å². The number of esters is 1. The lowest BCUT2D eigenvalue weighted by Crippen LogP contribution is -2.06. The Balaban J connectivity index is 0.000000391. The van der Waals surface area contributed by atoms with Crippen LogP contribution in [0.15, 0.2) is 48.6 Å². The van der Waals surface area contributed by atoms with Gasteiger partial charge < -0.3 is 19.3 Å².